The van der Waals surface area contributed by atoms with Crippen molar-refractivity contribution in [2.75, 3.05) is 7.05 Å². The molecule has 0 radical (unpaired) electrons. The van der Waals surface area contributed by atoms with Crippen molar-refractivity contribution in [3.63, 3.8) is 0 Å². The summed E-state index contributed by atoms with van der Waals surface area (Å²) in [5.41, 5.74) is 8.48. The van der Waals surface area contributed by atoms with Crippen LogP contribution in [0, 0.1) is 0 Å². The Morgan fingerprint density at radius 1 is 1.03 bits per heavy atom. The van der Waals surface area contributed by atoms with E-state index in [9.17, 15) is 4.79 Å². The summed E-state index contributed by atoms with van der Waals surface area (Å²) in [5.74, 6) is -0.105. The number of nitrogens with zero attached hydrogens (tertiary/aromatic N) is 2. The van der Waals surface area contributed by atoms with Gasteiger partial charge in [0.15, 0.2) is 0 Å². The van der Waals surface area contributed by atoms with E-state index in [1.165, 1.54) is 29.4 Å². The zero-order valence-corrected chi connectivity index (χ0v) is 16.7. The minimum atomic E-state index is -0.105. The summed E-state index contributed by atoms with van der Waals surface area (Å²) < 4.78 is 0. The molecule has 0 fully saturated rings. The molecule has 0 saturated carbocycles. The van der Waals surface area contributed by atoms with E-state index in [0.717, 1.165) is 51.4 Å². The first kappa shape index (κ1) is 17.2. The minimum Gasteiger partial charge on any atom is -0.354 e. The number of aromatic nitrogens is 4. The van der Waals surface area contributed by atoms with Crippen LogP contribution in [0.2, 0.25) is 0 Å². The maximum Gasteiger partial charge on any atom is 0.267 e. The molecule has 0 spiro atoms. The topological polar surface area (TPSA) is 86.5 Å². The second-order valence-electron chi connectivity index (χ2n) is 7.98. The molecule has 3 aromatic heterocycles. The largest absolute Gasteiger partial charge is 0.354 e. The van der Waals surface area contributed by atoms with Crippen molar-refractivity contribution in [2.45, 2.75) is 25.7 Å². The van der Waals surface area contributed by atoms with Gasteiger partial charge >= 0.3 is 0 Å². The Bertz CT molecular complexity index is 1460. The highest BCUT2D eigenvalue weighted by atomic mass is 16.1. The van der Waals surface area contributed by atoms with Gasteiger partial charge in [0.2, 0.25) is 0 Å². The highest BCUT2D eigenvalue weighted by Crippen LogP contribution is 2.38. The molecule has 148 valence electrons. The lowest BCUT2D eigenvalue weighted by Crippen LogP contribution is -2.17. The molecule has 6 heteroatoms. The van der Waals surface area contributed by atoms with Crippen molar-refractivity contribution < 1.29 is 4.79 Å². The third-order valence-corrected chi connectivity index (χ3v) is 6.25. The average molecular weight is 395 g/mol. The van der Waals surface area contributed by atoms with E-state index in [0.29, 0.717) is 5.69 Å². The molecule has 3 N–H and O–H groups in total. The quantitative estimate of drug-likeness (QED) is 0.411. The number of hydrogen-bond donors (Lipinski definition) is 3. The molecular weight excluding hydrogens is 374 g/mol. The number of amides is 1. The van der Waals surface area contributed by atoms with E-state index in [4.69, 9.17) is 4.98 Å². The molecule has 2 aromatic carbocycles. The van der Waals surface area contributed by atoms with Crippen LogP contribution in [0.5, 0.6) is 0 Å². The van der Waals surface area contributed by atoms with Crippen LogP contribution in [0.4, 0.5) is 0 Å². The molecule has 0 bridgehead atoms. The number of rotatable bonds is 2. The standard InChI is InChI=1S/C24H21N5O/c1-25-24(30)21-11-17-19(27-21)8-9-20-22(17)15-4-2-3-5-16(15)23(28-20)13-6-7-18-14(10-13)12-26-29-18/h6-12,27H,2-5H2,1H3,(H,25,30)(H,26,29). The van der Waals surface area contributed by atoms with Crippen LogP contribution in [0.3, 0.4) is 0 Å². The lowest BCUT2D eigenvalue weighted by molar-refractivity contribution is 0.0959. The Balaban J connectivity index is 1.65. The van der Waals surface area contributed by atoms with Crippen LogP contribution >= 0.6 is 0 Å². The summed E-state index contributed by atoms with van der Waals surface area (Å²) in [4.78, 5) is 20.6. The van der Waals surface area contributed by atoms with Crippen LogP contribution in [0.15, 0.2) is 42.6 Å². The monoisotopic (exact) mass is 395 g/mol. The molecule has 30 heavy (non-hydrogen) atoms. The number of carbonyl (C=O) groups is 1. The molecule has 6 rings (SSSR count). The number of pyridine rings is 1. The zero-order valence-electron chi connectivity index (χ0n) is 16.7. The van der Waals surface area contributed by atoms with Crippen molar-refractivity contribution in [3.8, 4) is 11.3 Å². The van der Waals surface area contributed by atoms with Crippen LogP contribution in [-0.4, -0.2) is 33.1 Å². The van der Waals surface area contributed by atoms with E-state index >= 15 is 0 Å². The molecule has 5 aromatic rings. The highest BCUT2D eigenvalue weighted by molar-refractivity contribution is 6.11. The number of fused-ring (bicyclic) bond motifs is 6. The molecule has 6 nitrogen and oxygen atoms in total. The summed E-state index contributed by atoms with van der Waals surface area (Å²) in [6, 6.07) is 12.4. The van der Waals surface area contributed by atoms with Gasteiger partial charge in [0.1, 0.15) is 5.69 Å². The Hall–Kier alpha value is -3.67. The fourth-order valence-corrected chi connectivity index (χ4v) is 4.82. The summed E-state index contributed by atoms with van der Waals surface area (Å²) in [6.45, 7) is 0. The number of nitrogens with one attached hydrogen (secondary N) is 3. The Morgan fingerprint density at radius 3 is 2.73 bits per heavy atom. The number of benzene rings is 2. The van der Waals surface area contributed by atoms with Gasteiger partial charge < -0.3 is 10.3 Å². The van der Waals surface area contributed by atoms with E-state index in [1.807, 2.05) is 18.3 Å². The van der Waals surface area contributed by atoms with Crippen molar-refractivity contribution >= 4 is 38.6 Å². The summed E-state index contributed by atoms with van der Waals surface area (Å²) in [7, 11) is 1.65. The van der Waals surface area contributed by atoms with Gasteiger partial charge in [-0.2, -0.15) is 5.10 Å². The lowest BCUT2D eigenvalue weighted by Gasteiger charge is -2.22. The molecule has 0 saturated heterocycles. The van der Waals surface area contributed by atoms with Crippen LogP contribution in [0.25, 0.3) is 44.0 Å². The molecular formula is C24H21N5O. The lowest BCUT2D eigenvalue weighted by atomic mass is 9.85. The van der Waals surface area contributed by atoms with Crippen molar-refractivity contribution in [3.05, 3.63) is 59.4 Å². The Morgan fingerprint density at radius 2 is 1.87 bits per heavy atom. The maximum atomic E-state index is 12.2. The average Bonchev–Trinajstić information content (AvgIpc) is 3.44. The van der Waals surface area contributed by atoms with Crippen molar-refractivity contribution in [2.24, 2.45) is 0 Å². The molecule has 0 unspecified atom stereocenters. The summed E-state index contributed by atoms with van der Waals surface area (Å²) in [6.07, 6.45) is 6.27. The first-order valence-electron chi connectivity index (χ1n) is 10.4. The number of carbonyl (C=O) groups excluding carboxylic acids is 1. The minimum absolute atomic E-state index is 0.105. The molecule has 1 amide bonds. The fourth-order valence-electron chi connectivity index (χ4n) is 4.82. The second-order valence-corrected chi connectivity index (χ2v) is 7.98. The van der Waals surface area contributed by atoms with E-state index in [1.54, 1.807) is 7.05 Å². The van der Waals surface area contributed by atoms with E-state index in [2.05, 4.69) is 44.8 Å². The van der Waals surface area contributed by atoms with E-state index in [-0.39, 0.29) is 5.91 Å². The van der Waals surface area contributed by atoms with Crippen LogP contribution < -0.4 is 5.32 Å². The van der Waals surface area contributed by atoms with Gasteiger partial charge in [0.05, 0.1) is 22.9 Å². The first-order valence-corrected chi connectivity index (χ1v) is 10.4. The Labute approximate surface area is 172 Å². The van der Waals surface area contributed by atoms with Gasteiger partial charge in [-0.3, -0.25) is 9.89 Å². The smallest absolute Gasteiger partial charge is 0.267 e. The van der Waals surface area contributed by atoms with Gasteiger partial charge in [-0.15, -0.1) is 0 Å². The molecule has 0 atom stereocenters. The van der Waals surface area contributed by atoms with Gasteiger partial charge in [0, 0.05) is 34.3 Å². The van der Waals surface area contributed by atoms with Crippen molar-refractivity contribution in [1.82, 2.24) is 25.5 Å². The third kappa shape index (κ3) is 2.46. The predicted molar refractivity (Wildman–Crippen MR) is 119 cm³/mol. The normalized spacial score (nSPS) is 13.8. The number of H-pyrrole nitrogens is 2. The molecule has 1 aliphatic rings. The number of aryl methyl sites for hydroxylation is 1. The zero-order chi connectivity index (χ0) is 20.2. The third-order valence-electron chi connectivity index (χ3n) is 6.25. The molecule has 3 heterocycles. The van der Waals surface area contributed by atoms with Crippen LogP contribution in [0.1, 0.15) is 34.5 Å². The first-order chi connectivity index (χ1) is 14.7. The SMILES string of the molecule is CNC(=O)c1cc2c(ccc3nc(-c4ccc5[nH]ncc5c4)c4c(c32)CCCC4)[nH]1. The highest BCUT2D eigenvalue weighted by Gasteiger charge is 2.22. The fraction of sp³-hybridized carbons (Fsp3) is 0.208. The second kappa shape index (κ2) is 6.42. The predicted octanol–water partition coefficient (Wildman–Crippen LogP) is 4.50. The van der Waals surface area contributed by atoms with Crippen molar-refractivity contribution in [1.29, 1.82) is 0 Å². The van der Waals surface area contributed by atoms with Gasteiger partial charge in [0.25, 0.3) is 5.91 Å². The summed E-state index contributed by atoms with van der Waals surface area (Å²) >= 11 is 0. The van der Waals surface area contributed by atoms with Crippen LogP contribution in [-0.2, 0) is 12.8 Å². The van der Waals surface area contributed by atoms with E-state index < -0.39 is 0 Å². The molecule has 0 aliphatic heterocycles. The Kier molecular flexibility index (Phi) is 3.68. The van der Waals surface area contributed by atoms with Gasteiger partial charge in [-0.25, -0.2) is 4.98 Å². The van der Waals surface area contributed by atoms with Gasteiger partial charge in [-0.1, -0.05) is 6.07 Å². The molecule has 1 aliphatic carbocycles. The summed E-state index contributed by atoms with van der Waals surface area (Å²) in [5, 5.41) is 13.2. The number of aromatic amines is 2. The number of hydrogen-bond acceptors (Lipinski definition) is 3. The maximum absolute atomic E-state index is 12.2. The van der Waals surface area contributed by atoms with Gasteiger partial charge in [-0.05, 0) is 67.1 Å².